The highest BCUT2D eigenvalue weighted by Gasteiger charge is 2.16. The lowest BCUT2D eigenvalue weighted by Gasteiger charge is -2.17. The van der Waals surface area contributed by atoms with E-state index in [0.717, 1.165) is 17.8 Å². The minimum absolute atomic E-state index is 0.0913. The third-order valence-corrected chi connectivity index (χ3v) is 4.75. The van der Waals surface area contributed by atoms with Crippen molar-refractivity contribution in [3.8, 4) is 11.5 Å². The van der Waals surface area contributed by atoms with E-state index in [-0.39, 0.29) is 12.5 Å². The van der Waals surface area contributed by atoms with E-state index in [2.05, 4.69) is 5.10 Å². The fourth-order valence-electron chi connectivity index (χ4n) is 2.92. The van der Waals surface area contributed by atoms with Gasteiger partial charge in [-0.25, -0.2) is 0 Å². The van der Waals surface area contributed by atoms with Gasteiger partial charge in [-0.05, 0) is 55.5 Å². The van der Waals surface area contributed by atoms with Crippen molar-refractivity contribution < 1.29 is 14.3 Å². The number of hydrogen-bond acceptors (Lipinski definition) is 4. The van der Waals surface area contributed by atoms with Crippen molar-refractivity contribution in [1.82, 2.24) is 14.7 Å². The average molecular weight is 414 g/mol. The Bertz CT molecular complexity index is 970. The Labute approximate surface area is 175 Å². The summed E-state index contributed by atoms with van der Waals surface area (Å²) in [6.45, 7) is 3.54. The summed E-state index contributed by atoms with van der Waals surface area (Å²) >= 11 is 5.91. The topological polar surface area (TPSA) is 56.6 Å². The van der Waals surface area contributed by atoms with Crippen molar-refractivity contribution >= 4 is 17.5 Å². The Morgan fingerprint density at radius 3 is 2.59 bits per heavy atom. The van der Waals surface area contributed by atoms with Crippen LogP contribution in [0.2, 0.25) is 5.02 Å². The number of methoxy groups -OCH3 is 1. The van der Waals surface area contributed by atoms with Crippen molar-refractivity contribution in [2.75, 3.05) is 14.2 Å². The lowest BCUT2D eigenvalue weighted by Crippen LogP contribution is -2.26. The number of carbonyl (C=O) groups excluding carboxylic acids is 1. The summed E-state index contributed by atoms with van der Waals surface area (Å²) in [5.74, 6) is 1.27. The highest BCUT2D eigenvalue weighted by atomic mass is 35.5. The molecule has 0 saturated heterocycles. The first-order valence-corrected chi connectivity index (χ1v) is 9.71. The Morgan fingerprint density at radius 1 is 1.17 bits per heavy atom. The van der Waals surface area contributed by atoms with Crippen LogP contribution in [-0.4, -0.2) is 34.7 Å². The van der Waals surface area contributed by atoms with Gasteiger partial charge in [-0.3, -0.25) is 9.48 Å². The number of ether oxygens (including phenoxy) is 2. The smallest absolute Gasteiger partial charge is 0.253 e. The third-order valence-electron chi connectivity index (χ3n) is 4.50. The van der Waals surface area contributed by atoms with E-state index in [0.29, 0.717) is 28.6 Å². The number of benzene rings is 2. The standard InChI is InChI=1S/C22H24ClN3O3/c1-4-26-12-11-19(24-26)14-25(2)22(27)16-5-10-21(28-3)17(13-16)15-29-20-8-6-18(23)7-9-20/h5-13H,4,14-15H2,1-3H3. The second-order valence-electron chi connectivity index (χ2n) is 6.59. The van der Waals surface area contributed by atoms with Gasteiger partial charge in [0.05, 0.1) is 19.3 Å². The zero-order chi connectivity index (χ0) is 20.8. The molecule has 1 heterocycles. The number of aryl methyl sites for hydroxylation is 1. The van der Waals surface area contributed by atoms with Gasteiger partial charge in [0.2, 0.25) is 0 Å². The largest absolute Gasteiger partial charge is 0.496 e. The fourth-order valence-corrected chi connectivity index (χ4v) is 3.04. The Kier molecular flexibility index (Phi) is 6.77. The number of amides is 1. The summed E-state index contributed by atoms with van der Waals surface area (Å²) in [5.41, 5.74) is 2.21. The second kappa shape index (κ2) is 9.47. The van der Waals surface area contributed by atoms with E-state index in [1.807, 2.05) is 23.9 Å². The van der Waals surface area contributed by atoms with Crippen LogP contribution in [0.25, 0.3) is 0 Å². The van der Waals surface area contributed by atoms with Crippen LogP contribution in [0.1, 0.15) is 28.5 Å². The van der Waals surface area contributed by atoms with E-state index >= 15 is 0 Å². The summed E-state index contributed by atoms with van der Waals surface area (Å²) in [6, 6.07) is 14.4. The van der Waals surface area contributed by atoms with Gasteiger partial charge >= 0.3 is 0 Å². The minimum Gasteiger partial charge on any atom is -0.496 e. The van der Waals surface area contributed by atoms with Crippen LogP contribution in [-0.2, 0) is 19.7 Å². The van der Waals surface area contributed by atoms with Crippen LogP contribution in [0, 0.1) is 0 Å². The van der Waals surface area contributed by atoms with Crippen LogP contribution < -0.4 is 9.47 Å². The summed E-state index contributed by atoms with van der Waals surface area (Å²) in [7, 11) is 3.36. The molecule has 6 nitrogen and oxygen atoms in total. The maximum absolute atomic E-state index is 12.9. The van der Waals surface area contributed by atoms with Crippen LogP contribution in [0.3, 0.4) is 0 Å². The van der Waals surface area contributed by atoms with E-state index in [4.69, 9.17) is 21.1 Å². The first kappa shape index (κ1) is 20.7. The molecule has 0 aliphatic carbocycles. The monoisotopic (exact) mass is 413 g/mol. The van der Waals surface area contributed by atoms with E-state index in [1.54, 1.807) is 61.5 Å². The Morgan fingerprint density at radius 2 is 1.93 bits per heavy atom. The number of carbonyl (C=O) groups is 1. The van der Waals surface area contributed by atoms with Gasteiger partial charge < -0.3 is 14.4 Å². The molecular formula is C22H24ClN3O3. The predicted octanol–water partition coefficient (Wildman–Crippen LogP) is 4.42. The van der Waals surface area contributed by atoms with E-state index in [9.17, 15) is 4.79 Å². The lowest BCUT2D eigenvalue weighted by molar-refractivity contribution is 0.0783. The summed E-state index contributed by atoms with van der Waals surface area (Å²) in [6.07, 6.45) is 1.91. The van der Waals surface area contributed by atoms with Gasteiger partial charge in [-0.2, -0.15) is 5.10 Å². The molecule has 0 aliphatic heterocycles. The molecule has 0 spiro atoms. The zero-order valence-corrected chi connectivity index (χ0v) is 17.5. The van der Waals surface area contributed by atoms with Crippen molar-refractivity contribution in [3.63, 3.8) is 0 Å². The van der Waals surface area contributed by atoms with Gasteiger partial charge in [0.25, 0.3) is 5.91 Å². The number of aromatic nitrogens is 2. The second-order valence-corrected chi connectivity index (χ2v) is 7.03. The minimum atomic E-state index is -0.0913. The van der Waals surface area contributed by atoms with Crippen molar-refractivity contribution in [3.05, 3.63) is 76.6 Å². The van der Waals surface area contributed by atoms with Gasteiger partial charge in [0, 0.05) is 35.9 Å². The van der Waals surface area contributed by atoms with E-state index in [1.165, 1.54) is 0 Å². The molecule has 0 bridgehead atoms. The fraction of sp³-hybridized carbons (Fsp3) is 0.273. The van der Waals surface area contributed by atoms with Gasteiger partial charge in [0.15, 0.2) is 0 Å². The first-order chi connectivity index (χ1) is 14.0. The summed E-state index contributed by atoms with van der Waals surface area (Å²) in [4.78, 5) is 14.5. The molecule has 0 radical (unpaired) electrons. The molecular weight excluding hydrogens is 390 g/mol. The highest BCUT2D eigenvalue weighted by molar-refractivity contribution is 6.30. The van der Waals surface area contributed by atoms with Crippen LogP contribution in [0.5, 0.6) is 11.5 Å². The zero-order valence-electron chi connectivity index (χ0n) is 16.8. The molecule has 0 saturated carbocycles. The molecule has 1 amide bonds. The molecule has 3 rings (SSSR count). The van der Waals surface area contributed by atoms with Crippen molar-refractivity contribution in [2.24, 2.45) is 0 Å². The third kappa shape index (κ3) is 5.29. The molecule has 2 aromatic carbocycles. The molecule has 7 heteroatoms. The number of halogens is 1. The first-order valence-electron chi connectivity index (χ1n) is 9.33. The maximum atomic E-state index is 12.9. The van der Waals surface area contributed by atoms with Gasteiger partial charge in [-0.15, -0.1) is 0 Å². The molecule has 1 aromatic heterocycles. The highest BCUT2D eigenvalue weighted by Crippen LogP contribution is 2.24. The SMILES string of the molecule is CCn1ccc(CN(C)C(=O)c2ccc(OC)c(COc3ccc(Cl)cc3)c2)n1. The maximum Gasteiger partial charge on any atom is 0.253 e. The molecule has 3 aromatic rings. The quantitative estimate of drug-likeness (QED) is 0.548. The number of hydrogen-bond donors (Lipinski definition) is 0. The van der Waals surface area contributed by atoms with Gasteiger partial charge in [-0.1, -0.05) is 11.6 Å². The van der Waals surface area contributed by atoms with E-state index < -0.39 is 0 Å². The molecule has 0 N–H and O–H groups in total. The van der Waals surface area contributed by atoms with Crippen LogP contribution in [0.15, 0.2) is 54.7 Å². The average Bonchev–Trinajstić information content (AvgIpc) is 3.20. The molecule has 152 valence electrons. The molecule has 29 heavy (non-hydrogen) atoms. The summed E-state index contributed by atoms with van der Waals surface area (Å²) < 4.78 is 13.1. The molecule has 0 unspecified atom stereocenters. The van der Waals surface area contributed by atoms with Gasteiger partial charge in [0.1, 0.15) is 18.1 Å². The lowest BCUT2D eigenvalue weighted by atomic mass is 10.1. The Balaban J connectivity index is 1.72. The summed E-state index contributed by atoms with van der Waals surface area (Å²) in [5, 5.41) is 5.08. The van der Waals surface area contributed by atoms with Crippen molar-refractivity contribution in [2.45, 2.75) is 26.6 Å². The Hall–Kier alpha value is -2.99. The van der Waals surface area contributed by atoms with Crippen LogP contribution in [0.4, 0.5) is 0 Å². The van der Waals surface area contributed by atoms with Crippen LogP contribution >= 0.6 is 11.6 Å². The molecule has 0 atom stereocenters. The molecule has 0 fully saturated rings. The normalized spacial score (nSPS) is 10.6. The van der Waals surface area contributed by atoms with Crippen molar-refractivity contribution in [1.29, 1.82) is 0 Å². The number of rotatable bonds is 8. The molecule has 0 aliphatic rings. The number of nitrogens with zero attached hydrogens (tertiary/aromatic N) is 3. The predicted molar refractivity (Wildman–Crippen MR) is 112 cm³/mol.